The van der Waals surface area contributed by atoms with E-state index in [-0.39, 0.29) is 23.2 Å². The fourth-order valence-corrected chi connectivity index (χ4v) is 3.01. The first-order chi connectivity index (χ1) is 7.95. The zero-order chi connectivity index (χ0) is 14.2. The van der Waals surface area contributed by atoms with Crippen LogP contribution in [0.5, 0.6) is 0 Å². The molecule has 3 nitrogen and oxygen atoms in total. The largest absolute Gasteiger partial charge is 0.416 e. The van der Waals surface area contributed by atoms with Crippen LogP contribution in [0.25, 0.3) is 0 Å². The van der Waals surface area contributed by atoms with E-state index < -0.39 is 13.9 Å². The predicted molar refractivity (Wildman–Crippen MR) is 76.1 cm³/mol. The summed E-state index contributed by atoms with van der Waals surface area (Å²) in [6.45, 7) is 13.3. The maximum absolute atomic E-state index is 12.0. The van der Waals surface area contributed by atoms with Crippen LogP contribution in [0.1, 0.15) is 47.0 Å². The van der Waals surface area contributed by atoms with Gasteiger partial charge in [0.05, 0.1) is 5.60 Å². The van der Waals surface area contributed by atoms with E-state index in [9.17, 15) is 9.90 Å². The Bertz CT molecular complexity index is 315. The van der Waals surface area contributed by atoms with Gasteiger partial charge in [0, 0.05) is 18.9 Å². The first kappa shape index (κ1) is 15.9. The highest BCUT2D eigenvalue weighted by atomic mass is 28.4. The average Bonchev–Trinajstić information content (AvgIpc) is 2.13. The summed E-state index contributed by atoms with van der Waals surface area (Å²) in [7, 11) is -1.77. The summed E-state index contributed by atoms with van der Waals surface area (Å²) in [5.41, 5.74) is -0.801. The molecule has 0 amide bonds. The third-order valence-corrected chi connectivity index (χ3v) is 8.99. The van der Waals surface area contributed by atoms with Crippen LogP contribution in [0.2, 0.25) is 18.1 Å². The van der Waals surface area contributed by atoms with Gasteiger partial charge >= 0.3 is 0 Å². The molecule has 106 valence electrons. The third kappa shape index (κ3) is 3.90. The van der Waals surface area contributed by atoms with E-state index >= 15 is 0 Å². The summed E-state index contributed by atoms with van der Waals surface area (Å²) < 4.78 is 6.11. The molecule has 0 saturated heterocycles. The zero-order valence-electron chi connectivity index (χ0n) is 12.7. The third-order valence-electron chi connectivity index (χ3n) is 4.49. The van der Waals surface area contributed by atoms with Crippen molar-refractivity contribution in [2.45, 2.75) is 70.7 Å². The molecule has 0 spiro atoms. The van der Waals surface area contributed by atoms with E-state index in [1.165, 1.54) is 0 Å². The topological polar surface area (TPSA) is 46.5 Å². The molecular weight excluding hydrogens is 244 g/mol. The van der Waals surface area contributed by atoms with Gasteiger partial charge in [-0.05, 0) is 37.9 Å². The van der Waals surface area contributed by atoms with E-state index in [1.807, 2.05) is 0 Å². The SMILES string of the molecule is CC1(O)CCC(CO[Si](C)(C)C(C)(C)C)C(=O)C1. The van der Waals surface area contributed by atoms with Gasteiger partial charge in [-0.1, -0.05) is 20.8 Å². The Labute approximate surface area is 112 Å². The Morgan fingerprint density at radius 1 is 1.44 bits per heavy atom. The van der Waals surface area contributed by atoms with E-state index in [0.29, 0.717) is 13.0 Å². The van der Waals surface area contributed by atoms with Crippen molar-refractivity contribution < 1.29 is 14.3 Å². The molecule has 1 fully saturated rings. The van der Waals surface area contributed by atoms with Crippen molar-refractivity contribution >= 4 is 14.1 Å². The number of hydrogen-bond acceptors (Lipinski definition) is 3. The van der Waals surface area contributed by atoms with Crippen molar-refractivity contribution in [1.82, 2.24) is 0 Å². The summed E-state index contributed by atoms with van der Waals surface area (Å²) in [4.78, 5) is 12.0. The molecule has 2 unspecified atom stereocenters. The smallest absolute Gasteiger partial charge is 0.192 e. The Hall–Kier alpha value is -0.193. The quantitative estimate of drug-likeness (QED) is 0.803. The molecule has 1 aliphatic rings. The van der Waals surface area contributed by atoms with Crippen LogP contribution in [-0.4, -0.2) is 31.4 Å². The summed E-state index contributed by atoms with van der Waals surface area (Å²) >= 11 is 0. The number of carbonyl (C=O) groups is 1. The molecule has 0 aromatic carbocycles. The molecule has 1 aliphatic carbocycles. The predicted octanol–water partition coefficient (Wildman–Crippen LogP) is 3.13. The van der Waals surface area contributed by atoms with Crippen LogP contribution < -0.4 is 0 Å². The van der Waals surface area contributed by atoms with Crippen LogP contribution in [0.4, 0.5) is 0 Å². The van der Waals surface area contributed by atoms with Gasteiger partial charge in [-0.15, -0.1) is 0 Å². The number of Topliss-reactive ketones (excluding diaryl/α,β-unsaturated/α-hetero) is 1. The minimum Gasteiger partial charge on any atom is -0.416 e. The van der Waals surface area contributed by atoms with Crippen LogP contribution in [0.15, 0.2) is 0 Å². The van der Waals surface area contributed by atoms with E-state index in [1.54, 1.807) is 6.92 Å². The van der Waals surface area contributed by atoms with Crippen molar-refractivity contribution in [3.63, 3.8) is 0 Å². The molecule has 0 aliphatic heterocycles. The monoisotopic (exact) mass is 272 g/mol. The fraction of sp³-hybridized carbons (Fsp3) is 0.929. The van der Waals surface area contributed by atoms with Crippen LogP contribution in [0, 0.1) is 5.92 Å². The summed E-state index contributed by atoms with van der Waals surface area (Å²) in [5.74, 6) is 0.143. The molecular formula is C14H28O3Si. The molecule has 1 N–H and O–H groups in total. The van der Waals surface area contributed by atoms with E-state index in [2.05, 4.69) is 33.9 Å². The number of carbonyl (C=O) groups excluding carboxylic acids is 1. The maximum Gasteiger partial charge on any atom is 0.192 e. The Balaban J connectivity index is 2.53. The molecule has 18 heavy (non-hydrogen) atoms. The molecule has 0 aromatic rings. The molecule has 0 aromatic heterocycles. The number of aliphatic hydroxyl groups is 1. The van der Waals surface area contributed by atoms with Gasteiger partial charge < -0.3 is 9.53 Å². The highest BCUT2D eigenvalue weighted by molar-refractivity contribution is 6.74. The van der Waals surface area contributed by atoms with Gasteiger partial charge in [0.2, 0.25) is 0 Å². The lowest BCUT2D eigenvalue weighted by molar-refractivity contribution is -0.133. The standard InChI is InChI=1S/C14H28O3Si/c1-13(2,3)18(5,6)17-10-11-7-8-14(4,16)9-12(11)15/h11,16H,7-10H2,1-6H3. The van der Waals surface area contributed by atoms with Crippen molar-refractivity contribution in [1.29, 1.82) is 0 Å². The molecule has 1 rings (SSSR count). The first-order valence-electron chi connectivity index (χ1n) is 6.84. The number of rotatable bonds is 3. The average molecular weight is 272 g/mol. The van der Waals surface area contributed by atoms with Crippen LogP contribution >= 0.6 is 0 Å². The molecule has 0 heterocycles. The summed E-state index contributed by atoms with van der Waals surface area (Å²) in [5, 5.41) is 10.0. The molecule has 2 atom stereocenters. The van der Waals surface area contributed by atoms with E-state index in [0.717, 1.165) is 6.42 Å². The van der Waals surface area contributed by atoms with Crippen LogP contribution in [0.3, 0.4) is 0 Å². The zero-order valence-corrected chi connectivity index (χ0v) is 13.7. The summed E-state index contributed by atoms with van der Waals surface area (Å²) in [6.07, 6.45) is 1.73. The first-order valence-corrected chi connectivity index (χ1v) is 9.74. The highest BCUT2D eigenvalue weighted by Crippen LogP contribution is 2.38. The van der Waals surface area contributed by atoms with Crippen molar-refractivity contribution in [2.75, 3.05) is 6.61 Å². The molecule has 0 radical (unpaired) electrons. The Kier molecular flexibility index (Phi) is 4.46. The minimum atomic E-state index is -1.77. The lowest BCUT2D eigenvalue weighted by Gasteiger charge is -2.38. The van der Waals surface area contributed by atoms with Gasteiger partial charge in [0.15, 0.2) is 8.32 Å². The Morgan fingerprint density at radius 2 is 2.00 bits per heavy atom. The van der Waals surface area contributed by atoms with Crippen molar-refractivity contribution in [3.8, 4) is 0 Å². The van der Waals surface area contributed by atoms with Crippen LogP contribution in [-0.2, 0) is 9.22 Å². The minimum absolute atomic E-state index is 0.0145. The lowest BCUT2D eigenvalue weighted by atomic mass is 9.79. The maximum atomic E-state index is 12.0. The van der Waals surface area contributed by atoms with Gasteiger partial charge in [0.25, 0.3) is 0 Å². The second-order valence-electron chi connectivity index (χ2n) is 7.45. The van der Waals surface area contributed by atoms with Gasteiger partial charge in [-0.3, -0.25) is 4.79 Å². The molecule has 0 bridgehead atoms. The van der Waals surface area contributed by atoms with Crippen molar-refractivity contribution in [2.24, 2.45) is 5.92 Å². The summed E-state index contributed by atoms with van der Waals surface area (Å²) in [6, 6.07) is 0. The lowest BCUT2D eigenvalue weighted by Crippen LogP contribution is -2.44. The van der Waals surface area contributed by atoms with Crippen molar-refractivity contribution in [3.05, 3.63) is 0 Å². The van der Waals surface area contributed by atoms with Gasteiger partial charge in [-0.25, -0.2) is 0 Å². The second kappa shape index (κ2) is 5.06. The molecule has 1 saturated carbocycles. The molecule has 4 heteroatoms. The van der Waals surface area contributed by atoms with Gasteiger partial charge in [-0.2, -0.15) is 0 Å². The normalized spacial score (nSPS) is 30.6. The van der Waals surface area contributed by atoms with E-state index in [4.69, 9.17) is 4.43 Å². The number of hydrogen-bond donors (Lipinski definition) is 1. The number of ketones is 1. The Morgan fingerprint density at radius 3 is 2.44 bits per heavy atom. The fourth-order valence-electron chi connectivity index (χ4n) is 1.96. The van der Waals surface area contributed by atoms with Gasteiger partial charge in [0.1, 0.15) is 5.78 Å². The highest BCUT2D eigenvalue weighted by Gasteiger charge is 2.40. The second-order valence-corrected chi connectivity index (χ2v) is 12.3.